The molecule has 1 atom stereocenters. The fourth-order valence-corrected chi connectivity index (χ4v) is 3.07. The fraction of sp³-hybridized carbons (Fsp3) is 0.412. The van der Waals surface area contributed by atoms with Gasteiger partial charge in [0.05, 0.1) is 0 Å². The van der Waals surface area contributed by atoms with Crippen LogP contribution in [0.5, 0.6) is 0 Å². The molecule has 1 unspecified atom stereocenters. The first-order valence-corrected chi connectivity index (χ1v) is 8.16. The number of nitrogens with one attached hydrogen (secondary N) is 1. The van der Waals surface area contributed by atoms with Gasteiger partial charge in [-0.1, -0.05) is 25.1 Å². The molecular formula is C17H22FNS. The van der Waals surface area contributed by atoms with Gasteiger partial charge in [-0.15, -0.1) is 0 Å². The summed E-state index contributed by atoms with van der Waals surface area (Å²) in [6, 6.07) is 7.92. The van der Waals surface area contributed by atoms with E-state index in [4.69, 9.17) is 0 Å². The third-order valence-electron chi connectivity index (χ3n) is 3.54. The molecule has 0 fully saturated rings. The van der Waals surface area contributed by atoms with Gasteiger partial charge in [0.25, 0.3) is 0 Å². The smallest absolute Gasteiger partial charge is 0.130 e. The number of aryl methyl sites for hydroxylation is 2. The Labute approximate surface area is 124 Å². The lowest BCUT2D eigenvalue weighted by Gasteiger charge is -2.20. The molecule has 1 N–H and O–H groups in total. The van der Waals surface area contributed by atoms with Crippen LogP contribution in [0.1, 0.15) is 42.5 Å². The highest BCUT2D eigenvalue weighted by Crippen LogP contribution is 2.24. The first kappa shape index (κ1) is 15.2. The van der Waals surface area contributed by atoms with Gasteiger partial charge in [-0.3, -0.25) is 0 Å². The molecule has 1 heterocycles. The third kappa shape index (κ3) is 3.90. The summed E-state index contributed by atoms with van der Waals surface area (Å²) in [5.41, 5.74) is 2.86. The van der Waals surface area contributed by atoms with E-state index >= 15 is 0 Å². The van der Waals surface area contributed by atoms with Crippen molar-refractivity contribution in [3.05, 3.63) is 57.5 Å². The molecule has 0 spiro atoms. The standard InChI is InChI=1S/C17H22FNS/c1-3-10-19-16(8-7-14-9-11-20-12-14)15-6-4-5-13(2)17(15)18/h4-6,9,11-12,16,19H,3,7-8,10H2,1-2H3. The Morgan fingerprint density at radius 3 is 2.85 bits per heavy atom. The van der Waals surface area contributed by atoms with Gasteiger partial charge in [0.2, 0.25) is 0 Å². The third-order valence-corrected chi connectivity index (χ3v) is 4.27. The minimum absolute atomic E-state index is 0.0635. The van der Waals surface area contributed by atoms with Crippen LogP contribution in [0.25, 0.3) is 0 Å². The van der Waals surface area contributed by atoms with Gasteiger partial charge in [0.1, 0.15) is 5.82 Å². The van der Waals surface area contributed by atoms with E-state index in [-0.39, 0.29) is 11.9 Å². The van der Waals surface area contributed by atoms with E-state index in [0.29, 0.717) is 0 Å². The van der Waals surface area contributed by atoms with E-state index < -0.39 is 0 Å². The lowest BCUT2D eigenvalue weighted by Crippen LogP contribution is -2.24. The average Bonchev–Trinajstić information content (AvgIpc) is 2.96. The Morgan fingerprint density at radius 2 is 2.15 bits per heavy atom. The lowest BCUT2D eigenvalue weighted by molar-refractivity contribution is 0.472. The maximum absolute atomic E-state index is 14.3. The summed E-state index contributed by atoms with van der Waals surface area (Å²) in [5, 5.41) is 7.74. The molecule has 0 radical (unpaired) electrons. The summed E-state index contributed by atoms with van der Waals surface area (Å²) >= 11 is 1.72. The zero-order valence-electron chi connectivity index (χ0n) is 12.2. The molecule has 1 aromatic carbocycles. The Kier molecular flexibility index (Phi) is 5.74. The first-order chi connectivity index (χ1) is 9.72. The topological polar surface area (TPSA) is 12.0 Å². The molecule has 1 nitrogen and oxygen atoms in total. The van der Waals surface area contributed by atoms with Crippen LogP contribution in [-0.4, -0.2) is 6.54 Å². The Bertz CT molecular complexity index is 522. The molecular weight excluding hydrogens is 269 g/mol. The predicted molar refractivity (Wildman–Crippen MR) is 84.8 cm³/mol. The summed E-state index contributed by atoms with van der Waals surface area (Å²) in [6.45, 7) is 4.88. The van der Waals surface area contributed by atoms with Crippen LogP contribution in [0.3, 0.4) is 0 Å². The molecule has 0 amide bonds. The van der Waals surface area contributed by atoms with Crippen molar-refractivity contribution in [1.29, 1.82) is 0 Å². The molecule has 0 aliphatic heterocycles. The van der Waals surface area contributed by atoms with E-state index in [9.17, 15) is 4.39 Å². The van der Waals surface area contributed by atoms with Gasteiger partial charge in [0, 0.05) is 11.6 Å². The molecule has 0 aliphatic rings. The molecule has 0 aliphatic carbocycles. The zero-order valence-corrected chi connectivity index (χ0v) is 13.0. The number of halogens is 1. The van der Waals surface area contributed by atoms with Crippen molar-refractivity contribution in [3.63, 3.8) is 0 Å². The van der Waals surface area contributed by atoms with Crippen LogP contribution in [-0.2, 0) is 6.42 Å². The largest absolute Gasteiger partial charge is 0.310 e. The summed E-state index contributed by atoms with van der Waals surface area (Å²) in [4.78, 5) is 0. The fourth-order valence-electron chi connectivity index (χ4n) is 2.37. The van der Waals surface area contributed by atoms with E-state index in [0.717, 1.165) is 36.9 Å². The molecule has 0 saturated carbocycles. The van der Waals surface area contributed by atoms with Crippen molar-refractivity contribution >= 4 is 11.3 Å². The minimum Gasteiger partial charge on any atom is -0.310 e. The van der Waals surface area contributed by atoms with Gasteiger partial charge >= 0.3 is 0 Å². The second-order valence-electron chi connectivity index (χ2n) is 5.16. The number of thiophene rings is 1. The Balaban J connectivity index is 2.11. The van der Waals surface area contributed by atoms with Crippen LogP contribution in [0.4, 0.5) is 4.39 Å². The Morgan fingerprint density at radius 1 is 1.30 bits per heavy atom. The van der Waals surface area contributed by atoms with Crippen LogP contribution in [0, 0.1) is 12.7 Å². The van der Waals surface area contributed by atoms with Crippen molar-refractivity contribution < 1.29 is 4.39 Å². The molecule has 2 aromatic rings. The molecule has 108 valence electrons. The summed E-state index contributed by atoms with van der Waals surface area (Å²) in [6.07, 6.45) is 2.97. The van der Waals surface area contributed by atoms with Crippen LogP contribution < -0.4 is 5.32 Å². The molecule has 0 bridgehead atoms. The van der Waals surface area contributed by atoms with Crippen LogP contribution in [0.15, 0.2) is 35.0 Å². The lowest BCUT2D eigenvalue weighted by atomic mass is 9.97. The van der Waals surface area contributed by atoms with Crippen molar-refractivity contribution in [2.75, 3.05) is 6.54 Å². The monoisotopic (exact) mass is 291 g/mol. The molecule has 3 heteroatoms. The summed E-state index contributed by atoms with van der Waals surface area (Å²) < 4.78 is 14.3. The minimum atomic E-state index is -0.0635. The van der Waals surface area contributed by atoms with Gasteiger partial charge in [-0.2, -0.15) is 11.3 Å². The van der Waals surface area contributed by atoms with Gasteiger partial charge in [0.15, 0.2) is 0 Å². The number of benzene rings is 1. The second-order valence-corrected chi connectivity index (χ2v) is 5.94. The van der Waals surface area contributed by atoms with Gasteiger partial charge < -0.3 is 5.32 Å². The maximum atomic E-state index is 14.3. The van der Waals surface area contributed by atoms with Crippen molar-refractivity contribution in [2.45, 2.75) is 39.2 Å². The highest BCUT2D eigenvalue weighted by molar-refractivity contribution is 7.07. The van der Waals surface area contributed by atoms with Crippen molar-refractivity contribution in [1.82, 2.24) is 5.32 Å². The van der Waals surface area contributed by atoms with Gasteiger partial charge in [-0.05, 0) is 60.7 Å². The predicted octanol–water partition coefficient (Wildman–Crippen LogP) is 4.87. The molecule has 1 aromatic heterocycles. The highest BCUT2D eigenvalue weighted by Gasteiger charge is 2.16. The van der Waals surface area contributed by atoms with Crippen molar-refractivity contribution in [2.24, 2.45) is 0 Å². The van der Waals surface area contributed by atoms with E-state index in [1.165, 1.54) is 5.56 Å². The number of hydrogen-bond acceptors (Lipinski definition) is 2. The second kappa shape index (κ2) is 7.55. The van der Waals surface area contributed by atoms with Crippen LogP contribution >= 0.6 is 11.3 Å². The molecule has 0 saturated heterocycles. The average molecular weight is 291 g/mol. The number of rotatable bonds is 7. The maximum Gasteiger partial charge on any atom is 0.130 e. The summed E-state index contributed by atoms with van der Waals surface area (Å²) in [7, 11) is 0. The quantitative estimate of drug-likeness (QED) is 0.767. The molecule has 2 rings (SSSR count). The van der Waals surface area contributed by atoms with E-state index in [1.54, 1.807) is 11.3 Å². The van der Waals surface area contributed by atoms with Crippen LogP contribution in [0.2, 0.25) is 0 Å². The van der Waals surface area contributed by atoms with Crippen molar-refractivity contribution in [3.8, 4) is 0 Å². The highest BCUT2D eigenvalue weighted by atomic mass is 32.1. The zero-order chi connectivity index (χ0) is 14.4. The summed E-state index contributed by atoms with van der Waals surface area (Å²) in [5.74, 6) is -0.0635. The first-order valence-electron chi connectivity index (χ1n) is 7.21. The number of hydrogen-bond donors (Lipinski definition) is 1. The normalized spacial score (nSPS) is 12.6. The van der Waals surface area contributed by atoms with Gasteiger partial charge in [-0.25, -0.2) is 4.39 Å². The van der Waals surface area contributed by atoms with E-state index in [1.807, 2.05) is 25.1 Å². The SMILES string of the molecule is CCCNC(CCc1ccsc1)c1cccc(C)c1F. The molecule has 20 heavy (non-hydrogen) atoms. The van der Waals surface area contributed by atoms with E-state index in [2.05, 4.69) is 29.1 Å². The Hall–Kier alpha value is -1.19.